The average Bonchev–Trinajstić information content (AvgIpc) is 2.63. The first kappa shape index (κ1) is 12.0. The lowest BCUT2D eigenvalue weighted by Gasteiger charge is -2.08. The fourth-order valence-corrected chi connectivity index (χ4v) is 2.64. The predicted octanol–water partition coefficient (Wildman–Crippen LogP) is 0.369. The van der Waals surface area contributed by atoms with Gasteiger partial charge in [0, 0.05) is 18.9 Å². The lowest BCUT2D eigenvalue weighted by Crippen LogP contribution is -2.24. The Bertz CT molecular complexity index is 512. The Labute approximate surface area is 100 Å². The van der Waals surface area contributed by atoms with E-state index in [-0.39, 0.29) is 0 Å². The van der Waals surface area contributed by atoms with Crippen molar-refractivity contribution < 1.29 is 8.42 Å². The topological polar surface area (TPSA) is 83.5 Å². The molecule has 1 aliphatic rings. The summed E-state index contributed by atoms with van der Waals surface area (Å²) in [5.41, 5.74) is 0.774. The second kappa shape index (κ2) is 4.80. The summed E-state index contributed by atoms with van der Waals surface area (Å²) < 4.78 is 27.8. The van der Waals surface area contributed by atoms with Crippen LogP contribution in [0.4, 0.5) is 0 Å². The molecule has 7 heteroatoms. The Morgan fingerprint density at radius 3 is 3.00 bits per heavy atom. The molecule has 1 fully saturated rings. The summed E-state index contributed by atoms with van der Waals surface area (Å²) in [7, 11) is -3.48. The summed E-state index contributed by atoms with van der Waals surface area (Å²) in [6, 6.07) is 3.12. The van der Waals surface area contributed by atoms with Crippen LogP contribution < -0.4 is 9.44 Å². The number of pyridine rings is 1. The molecule has 1 unspecified atom stereocenters. The van der Waals surface area contributed by atoms with Crippen LogP contribution in [-0.4, -0.2) is 25.8 Å². The molecule has 17 heavy (non-hydrogen) atoms. The zero-order chi connectivity index (χ0) is 12.3. The van der Waals surface area contributed by atoms with Gasteiger partial charge >= 0.3 is 10.2 Å². The molecule has 0 spiro atoms. The summed E-state index contributed by atoms with van der Waals surface area (Å²) in [6.07, 6.45) is 4.13. The van der Waals surface area contributed by atoms with E-state index in [1.807, 2.05) is 13.0 Å². The van der Waals surface area contributed by atoms with Crippen molar-refractivity contribution in [1.82, 2.24) is 14.4 Å². The van der Waals surface area contributed by atoms with Crippen molar-refractivity contribution in [2.45, 2.75) is 19.4 Å². The van der Waals surface area contributed by atoms with Crippen LogP contribution in [0.1, 0.15) is 24.9 Å². The average molecular weight is 254 g/mol. The fraction of sp³-hybridized carbons (Fsp3) is 0.400. The van der Waals surface area contributed by atoms with Crippen molar-refractivity contribution in [3.8, 4) is 0 Å². The maximum Gasteiger partial charge on any atom is 0.301 e. The highest BCUT2D eigenvalue weighted by atomic mass is 32.2. The number of hydrogen-bond donors (Lipinski definition) is 2. The van der Waals surface area contributed by atoms with Crippen molar-refractivity contribution in [2.75, 3.05) is 6.54 Å². The van der Waals surface area contributed by atoms with E-state index in [9.17, 15) is 8.42 Å². The standard InChI is InChI=1S/C10H14N4O2S/c1-2-5-12-10-9(13-17(15,16)14-10)8-4-3-6-11-7-8/h3-4,6-7,9,13H,2,5H2,1H3,(H,12,14). The van der Waals surface area contributed by atoms with Gasteiger partial charge in [0.15, 0.2) is 0 Å². The van der Waals surface area contributed by atoms with E-state index in [0.717, 1.165) is 12.0 Å². The zero-order valence-corrected chi connectivity index (χ0v) is 10.2. The van der Waals surface area contributed by atoms with Crippen LogP contribution in [0.5, 0.6) is 0 Å². The number of nitrogens with zero attached hydrogens (tertiary/aromatic N) is 2. The number of hydrogen-bond acceptors (Lipinski definition) is 4. The number of amidine groups is 1. The first-order valence-corrected chi connectivity index (χ1v) is 6.85. The van der Waals surface area contributed by atoms with E-state index in [0.29, 0.717) is 12.4 Å². The van der Waals surface area contributed by atoms with E-state index >= 15 is 0 Å². The number of rotatable bonds is 3. The Hall–Kier alpha value is -1.47. The third-order valence-corrected chi connectivity index (χ3v) is 3.33. The lowest BCUT2D eigenvalue weighted by atomic mass is 10.1. The minimum absolute atomic E-state index is 0.430. The SMILES string of the molecule is CCCN=C1NS(=O)(=O)NC1c1cccnc1. The molecule has 1 atom stereocenters. The van der Waals surface area contributed by atoms with Gasteiger partial charge in [-0.15, -0.1) is 0 Å². The van der Waals surface area contributed by atoms with Gasteiger partial charge in [-0.3, -0.25) is 14.7 Å². The first-order chi connectivity index (χ1) is 8.12. The maximum absolute atomic E-state index is 11.5. The quantitative estimate of drug-likeness (QED) is 0.817. The Morgan fingerprint density at radius 2 is 2.35 bits per heavy atom. The van der Waals surface area contributed by atoms with Gasteiger partial charge < -0.3 is 0 Å². The third kappa shape index (κ3) is 2.80. The smallest absolute Gasteiger partial charge is 0.270 e. The van der Waals surface area contributed by atoms with Gasteiger partial charge in [0.25, 0.3) is 0 Å². The van der Waals surface area contributed by atoms with Gasteiger partial charge in [0.05, 0.1) is 0 Å². The largest absolute Gasteiger partial charge is 0.301 e. The summed E-state index contributed by atoms with van der Waals surface area (Å²) in [6.45, 7) is 2.58. The van der Waals surface area contributed by atoms with Gasteiger partial charge in [-0.1, -0.05) is 13.0 Å². The second-order valence-corrected chi connectivity index (χ2v) is 5.16. The molecule has 2 rings (SSSR count). The summed E-state index contributed by atoms with van der Waals surface area (Å²) >= 11 is 0. The Morgan fingerprint density at radius 1 is 1.53 bits per heavy atom. The molecule has 1 aromatic rings. The van der Waals surface area contributed by atoms with Gasteiger partial charge in [0.1, 0.15) is 11.9 Å². The molecule has 0 aliphatic carbocycles. The van der Waals surface area contributed by atoms with E-state index in [1.54, 1.807) is 18.5 Å². The molecular weight excluding hydrogens is 240 g/mol. The third-order valence-electron chi connectivity index (χ3n) is 2.31. The molecule has 92 valence electrons. The molecular formula is C10H14N4O2S. The van der Waals surface area contributed by atoms with Crippen LogP contribution in [0.15, 0.2) is 29.5 Å². The van der Waals surface area contributed by atoms with Crippen LogP contribution in [0.25, 0.3) is 0 Å². The van der Waals surface area contributed by atoms with Crippen LogP contribution in [-0.2, 0) is 10.2 Å². The number of nitrogens with one attached hydrogen (secondary N) is 2. The summed E-state index contributed by atoms with van der Waals surface area (Å²) in [4.78, 5) is 8.21. The van der Waals surface area contributed by atoms with E-state index in [4.69, 9.17) is 0 Å². The van der Waals surface area contributed by atoms with E-state index in [1.165, 1.54) is 0 Å². The summed E-state index contributed by atoms with van der Waals surface area (Å²) in [5, 5.41) is 0. The second-order valence-electron chi connectivity index (χ2n) is 3.71. The van der Waals surface area contributed by atoms with Gasteiger partial charge in [-0.05, 0) is 18.1 Å². The molecule has 0 saturated carbocycles. The molecule has 0 radical (unpaired) electrons. The number of aromatic nitrogens is 1. The summed E-state index contributed by atoms with van der Waals surface area (Å²) in [5.74, 6) is 0.430. The van der Waals surface area contributed by atoms with Crippen molar-refractivity contribution in [3.05, 3.63) is 30.1 Å². The molecule has 1 saturated heterocycles. The maximum atomic E-state index is 11.5. The molecule has 0 bridgehead atoms. The molecule has 2 heterocycles. The zero-order valence-electron chi connectivity index (χ0n) is 9.42. The van der Waals surface area contributed by atoms with Crippen LogP contribution in [0.2, 0.25) is 0 Å². The Balaban J connectivity index is 2.31. The minimum atomic E-state index is -3.48. The molecule has 1 aromatic heterocycles. The molecule has 1 aliphatic heterocycles. The van der Waals surface area contributed by atoms with Gasteiger partial charge in [-0.2, -0.15) is 13.1 Å². The molecule has 0 aromatic carbocycles. The molecule has 0 amide bonds. The highest BCUT2D eigenvalue weighted by molar-refractivity contribution is 7.88. The minimum Gasteiger partial charge on any atom is -0.270 e. The van der Waals surface area contributed by atoms with Gasteiger partial charge in [0.2, 0.25) is 0 Å². The highest BCUT2D eigenvalue weighted by Gasteiger charge is 2.33. The van der Waals surface area contributed by atoms with Crippen molar-refractivity contribution in [2.24, 2.45) is 4.99 Å². The lowest BCUT2D eigenvalue weighted by molar-refractivity contribution is 0.583. The van der Waals surface area contributed by atoms with Crippen molar-refractivity contribution in [3.63, 3.8) is 0 Å². The van der Waals surface area contributed by atoms with E-state index < -0.39 is 16.3 Å². The van der Waals surface area contributed by atoms with Crippen LogP contribution in [0, 0.1) is 0 Å². The van der Waals surface area contributed by atoms with Crippen LogP contribution >= 0.6 is 0 Å². The Kier molecular flexibility index (Phi) is 3.39. The normalized spacial score (nSPS) is 24.8. The van der Waals surface area contributed by atoms with Crippen molar-refractivity contribution >= 4 is 16.0 Å². The fourth-order valence-electron chi connectivity index (χ4n) is 1.57. The highest BCUT2D eigenvalue weighted by Crippen LogP contribution is 2.18. The van der Waals surface area contributed by atoms with Crippen molar-refractivity contribution in [1.29, 1.82) is 0 Å². The molecule has 6 nitrogen and oxygen atoms in total. The first-order valence-electron chi connectivity index (χ1n) is 5.36. The molecule has 2 N–H and O–H groups in total. The number of aliphatic imine (C=N–C) groups is 1. The predicted molar refractivity (Wildman–Crippen MR) is 64.8 cm³/mol. The van der Waals surface area contributed by atoms with Gasteiger partial charge in [-0.25, -0.2) is 0 Å². The monoisotopic (exact) mass is 254 g/mol. The van der Waals surface area contributed by atoms with E-state index in [2.05, 4.69) is 19.4 Å². The van der Waals surface area contributed by atoms with Crippen LogP contribution in [0.3, 0.4) is 0 Å².